The fourth-order valence-corrected chi connectivity index (χ4v) is 3.23. The highest BCUT2D eigenvalue weighted by Gasteiger charge is 2.28. The fraction of sp³-hybridized carbons (Fsp3) is 0.286. The fourth-order valence-electron chi connectivity index (χ4n) is 3.23. The van der Waals surface area contributed by atoms with E-state index in [-0.39, 0.29) is 12.5 Å². The summed E-state index contributed by atoms with van der Waals surface area (Å²) in [5.74, 6) is 2.25. The van der Waals surface area contributed by atoms with Crippen LogP contribution < -0.4 is 19.3 Å². The number of rotatable bonds is 4. The van der Waals surface area contributed by atoms with Crippen molar-refractivity contribution in [3.8, 4) is 11.5 Å². The molecule has 1 amide bonds. The molecule has 0 bridgehead atoms. The molecule has 3 aromatic rings. The first-order valence-corrected chi connectivity index (χ1v) is 9.12. The maximum absolute atomic E-state index is 12.9. The van der Waals surface area contributed by atoms with Crippen molar-refractivity contribution < 1.29 is 14.3 Å². The molecule has 0 fully saturated rings. The quantitative estimate of drug-likeness (QED) is 0.695. The summed E-state index contributed by atoms with van der Waals surface area (Å²) in [5.41, 5.74) is 2.63. The molecule has 28 heavy (non-hydrogen) atoms. The summed E-state index contributed by atoms with van der Waals surface area (Å²) in [7, 11) is 3.54. The first-order chi connectivity index (χ1) is 13.6. The van der Waals surface area contributed by atoms with Crippen molar-refractivity contribution in [3.63, 3.8) is 0 Å². The van der Waals surface area contributed by atoms with Gasteiger partial charge in [0.15, 0.2) is 29.7 Å². The molecular weight excluding hydrogens is 356 g/mol. The van der Waals surface area contributed by atoms with Gasteiger partial charge in [0.05, 0.1) is 18.1 Å². The number of hydrogen-bond acceptors (Lipinski definition) is 6. The van der Waals surface area contributed by atoms with E-state index in [9.17, 15) is 4.79 Å². The number of hydrogen-bond donors (Lipinski definition) is 0. The lowest BCUT2D eigenvalue weighted by atomic mass is 10.2. The average Bonchev–Trinajstić information content (AvgIpc) is 2.71. The SMILES string of the molecule is COc1cc(C)ccc1OCC(=O)N1CCN(C)c2nc3ccccc3nc21. The summed E-state index contributed by atoms with van der Waals surface area (Å²) in [4.78, 5) is 26.0. The van der Waals surface area contributed by atoms with Crippen LogP contribution in [0.25, 0.3) is 11.0 Å². The van der Waals surface area contributed by atoms with Crippen LogP contribution in [0.3, 0.4) is 0 Å². The highest BCUT2D eigenvalue weighted by molar-refractivity contribution is 5.98. The summed E-state index contributed by atoms with van der Waals surface area (Å²) < 4.78 is 11.1. The molecule has 0 saturated heterocycles. The molecule has 0 unspecified atom stereocenters. The Bertz CT molecular complexity index is 1040. The largest absolute Gasteiger partial charge is 0.493 e. The van der Waals surface area contributed by atoms with Gasteiger partial charge in [0.2, 0.25) is 0 Å². The molecule has 2 aromatic carbocycles. The molecule has 2 heterocycles. The second-order valence-corrected chi connectivity index (χ2v) is 6.77. The molecule has 4 rings (SSSR count). The number of aromatic nitrogens is 2. The van der Waals surface area contributed by atoms with Gasteiger partial charge in [-0.3, -0.25) is 9.69 Å². The number of amides is 1. The van der Waals surface area contributed by atoms with Gasteiger partial charge in [-0.05, 0) is 36.8 Å². The minimum atomic E-state index is -0.165. The van der Waals surface area contributed by atoms with Crippen molar-refractivity contribution in [1.29, 1.82) is 0 Å². The van der Waals surface area contributed by atoms with Gasteiger partial charge in [-0.1, -0.05) is 18.2 Å². The summed E-state index contributed by atoms with van der Waals surface area (Å²) in [6, 6.07) is 13.3. The highest BCUT2D eigenvalue weighted by atomic mass is 16.5. The van der Waals surface area contributed by atoms with Gasteiger partial charge < -0.3 is 14.4 Å². The third-order valence-electron chi connectivity index (χ3n) is 4.78. The smallest absolute Gasteiger partial charge is 0.266 e. The molecule has 0 saturated carbocycles. The minimum Gasteiger partial charge on any atom is -0.493 e. The Labute approximate surface area is 163 Å². The molecule has 1 aromatic heterocycles. The van der Waals surface area contributed by atoms with Crippen molar-refractivity contribution in [1.82, 2.24) is 9.97 Å². The Kier molecular flexibility index (Phi) is 4.73. The van der Waals surface area contributed by atoms with Gasteiger partial charge in [0.25, 0.3) is 5.91 Å². The minimum absolute atomic E-state index is 0.100. The predicted octanol–water partition coefficient (Wildman–Crippen LogP) is 2.81. The van der Waals surface area contributed by atoms with Crippen LogP contribution in [0.2, 0.25) is 0 Å². The maximum atomic E-state index is 12.9. The maximum Gasteiger partial charge on any atom is 0.266 e. The van der Waals surface area contributed by atoms with Crippen LogP contribution in [0.5, 0.6) is 11.5 Å². The zero-order chi connectivity index (χ0) is 19.7. The van der Waals surface area contributed by atoms with E-state index >= 15 is 0 Å². The Hall–Kier alpha value is -3.35. The zero-order valence-electron chi connectivity index (χ0n) is 16.2. The standard InChI is InChI=1S/C21H22N4O3/c1-14-8-9-17(18(12-14)27-3)28-13-19(26)25-11-10-24(2)20-21(25)23-16-7-5-4-6-15(16)22-20/h4-9,12H,10-11,13H2,1-3H3. The van der Waals surface area contributed by atoms with Gasteiger partial charge >= 0.3 is 0 Å². The van der Waals surface area contributed by atoms with Gasteiger partial charge in [-0.25, -0.2) is 9.97 Å². The number of fused-ring (bicyclic) bond motifs is 2. The number of benzene rings is 2. The zero-order valence-corrected chi connectivity index (χ0v) is 16.2. The molecule has 7 heteroatoms. The van der Waals surface area contributed by atoms with Crippen molar-refractivity contribution in [3.05, 3.63) is 48.0 Å². The summed E-state index contributed by atoms with van der Waals surface area (Å²) in [6.45, 7) is 3.09. The number of carbonyl (C=O) groups is 1. The van der Waals surface area contributed by atoms with Crippen molar-refractivity contribution in [2.24, 2.45) is 0 Å². The van der Waals surface area contributed by atoms with Crippen molar-refractivity contribution in [2.75, 3.05) is 43.7 Å². The van der Waals surface area contributed by atoms with E-state index in [1.54, 1.807) is 12.0 Å². The summed E-state index contributed by atoms with van der Waals surface area (Å²) in [6.07, 6.45) is 0. The summed E-state index contributed by atoms with van der Waals surface area (Å²) in [5, 5.41) is 0. The van der Waals surface area contributed by atoms with Crippen LogP contribution in [0, 0.1) is 6.92 Å². The monoisotopic (exact) mass is 378 g/mol. The third-order valence-corrected chi connectivity index (χ3v) is 4.78. The highest BCUT2D eigenvalue weighted by Crippen LogP contribution is 2.31. The van der Waals surface area contributed by atoms with Crippen molar-refractivity contribution >= 4 is 28.6 Å². The molecule has 1 aliphatic heterocycles. The normalized spacial score (nSPS) is 13.4. The Morgan fingerprint density at radius 2 is 1.75 bits per heavy atom. The van der Waals surface area contributed by atoms with Crippen LogP contribution in [0.15, 0.2) is 42.5 Å². The molecule has 1 aliphatic rings. The molecular formula is C21H22N4O3. The number of nitrogens with zero attached hydrogens (tertiary/aromatic N) is 4. The lowest BCUT2D eigenvalue weighted by molar-refractivity contribution is -0.120. The molecule has 0 radical (unpaired) electrons. The Morgan fingerprint density at radius 3 is 2.46 bits per heavy atom. The molecule has 7 nitrogen and oxygen atoms in total. The Morgan fingerprint density at radius 1 is 1.04 bits per heavy atom. The lowest BCUT2D eigenvalue weighted by Crippen LogP contribution is -2.45. The van der Waals surface area contributed by atoms with E-state index in [0.717, 1.165) is 16.6 Å². The van der Waals surface area contributed by atoms with Crippen molar-refractivity contribution in [2.45, 2.75) is 6.92 Å². The molecule has 0 aliphatic carbocycles. The van der Waals surface area contributed by atoms with Gasteiger partial charge in [0.1, 0.15) is 0 Å². The topological polar surface area (TPSA) is 67.8 Å². The number of anilines is 2. The average molecular weight is 378 g/mol. The van der Waals surface area contributed by atoms with E-state index in [0.29, 0.717) is 36.2 Å². The van der Waals surface area contributed by atoms with Crippen LogP contribution in [-0.4, -0.2) is 49.7 Å². The second-order valence-electron chi connectivity index (χ2n) is 6.77. The number of likely N-dealkylation sites (N-methyl/N-ethyl adjacent to an activating group) is 1. The lowest BCUT2D eigenvalue weighted by Gasteiger charge is -2.33. The number of ether oxygens (including phenoxy) is 2. The van der Waals surface area contributed by atoms with Crippen LogP contribution >= 0.6 is 0 Å². The number of para-hydroxylation sites is 2. The number of methoxy groups -OCH3 is 1. The third kappa shape index (κ3) is 3.31. The number of carbonyl (C=O) groups excluding carboxylic acids is 1. The van der Waals surface area contributed by atoms with Crippen LogP contribution in [-0.2, 0) is 4.79 Å². The molecule has 0 atom stereocenters. The van der Waals surface area contributed by atoms with Gasteiger partial charge in [-0.2, -0.15) is 0 Å². The predicted molar refractivity (Wildman–Crippen MR) is 108 cm³/mol. The Balaban J connectivity index is 1.59. The first-order valence-electron chi connectivity index (χ1n) is 9.12. The molecule has 144 valence electrons. The van der Waals surface area contributed by atoms with E-state index < -0.39 is 0 Å². The van der Waals surface area contributed by atoms with E-state index in [1.165, 1.54) is 0 Å². The van der Waals surface area contributed by atoms with Crippen LogP contribution in [0.1, 0.15) is 5.56 Å². The number of aryl methyl sites for hydroxylation is 1. The summed E-state index contributed by atoms with van der Waals surface area (Å²) >= 11 is 0. The molecule has 0 spiro atoms. The van der Waals surface area contributed by atoms with Crippen LogP contribution in [0.4, 0.5) is 11.6 Å². The van der Waals surface area contributed by atoms with E-state index in [2.05, 4.69) is 4.98 Å². The first kappa shape index (κ1) is 18.0. The molecule has 0 N–H and O–H groups in total. The second kappa shape index (κ2) is 7.34. The van der Waals surface area contributed by atoms with E-state index in [4.69, 9.17) is 14.5 Å². The van der Waals surface area contributed by atoms with E-state index in [1.807, 2.05) is 61.3 Å². The van der Waals surface area contributed by atoms with Gasteiger partial charge in [0, 0.05) is 20.1 Å². The van der Waals surface area contributed by atoms with Gasteiger partial charge in [-0.15, -0.1) is 0 Å².